The molecular weight excluding hydrogens is 246 g/mol. The standard InChI is InChI=1S/C18H27NO/c1-12-8-9-16(20)18-15(10-13(2)17(12)18)19-11-14-6-4-3-5-7-14/h8-9,13-15,19-20H,3-7,10-11H2,1-2H3. The third kappa shape index (κ3) is 2.58. The molecule has 1 saturated carbocycles. The lowest BCUT2D eigenvalue weighted by Crippen LogP contribution is -2.27. The first-order valence-corrected chi connectivity index (χ1v) is 8.22. The molecule has 2 heteroatoms. The summed E-state index contributed by atoms with van der Waals surface area (Å²) >= 11 is 0. The van der Waals surface area contributed by atoms with Crippen LogP contribution >= 0.6 is 0 Å². The third-order valence-corrected chi connectivity index (χ3v) is 5.29. The Labute approximate surface area is 122 Å². The van der Waals surface area contributed by atoms with Crippen molar-refractivity contribution in [1.82, 2.24) is 5.32 Å². The van der Waals surface area contributed by atoms with Crippen LogP contribution in [0.25, 0.3) is 0 Å². The number of benzene rings is 1. The molecule has 3 rings (SSSR count). The Bertz CT molecular complexity index is 477. The number of hydrogen-bond donors (Lipinski definition) is 2. The molecule has 1 fully saturated rings. The summed E-state index contributed by atoms with van der Waals surface area (Å²) in [5.41, 5.74) is 3.88. The van der Waals surface area contributed by atoms with E-state index in [1.54, 1.807) is 0 Å². The van der Waals surface area contributed by atoms with Crippen LogP contribution in [0.3, 0.4) is 0 Å². The Morgan fingerprint density at radius 1 is 1.15 bits per heavy atom. The SMILES string of the molecule is Cc1ccc(O)c2c1C(C)CC2NCC1CCCCC1. The maximum absolute atomic E-state index is 10.2. The molecule has 0 radical (unpaired) electrons. The van der Waals surface area contributed by atoms with Crippen LogP contribution in [-0.4, -0.2) is 11.7 Å². The zero-order valence-corrected chi connectivity index (χ0v) is 12.8. The van der Waals surface area contributed by atoms with Crippen molar-refractivity contribution in [3.63, 3.8) is 0 Å². The van der Waals surface area contributed by atoms with Crippen LogP contribution in [0.1, 0.15) is 74.1 Å². The molecule has 2 N–H and O–H groups in total. The summed E-state index contributed by atoms with van der Waals surface area (Å²) in [5.74, 6) is 1.88. The predicted octanol–water partition coefficient (Wildman–Crippen LogP) is 4.42. The Hall–Kier alpha value is -1.02. The second-order valence-corrected chi connectivity index (χ2v) is 6.83. The van der Waals surface area contributed by atoms with Crippen LogP contribution in [0.5, 0.6) is 5.75 Å². The second kappa shape index (κ2) is 5.77. The third-order valence-electron chi connectivity index (χ3n) is 5.29. The monoisotopic (exact) mass is 273 g/mol. The highest BCUT2D eigenvalue weighted by atomic mass is 16.3. The van der Waals surface area contributed by atoms with Crippen molar-refractivity contribution in [2.24, 2.45) is 5.92 Å². The van der Waals surface area contributed by atoms with Gasteiger partial charge in [0, 0.05) is 11.6 Å². The van der Waals surface area contributed by atoms with Gasteiger partial charge in [-0.05, 0) is 61.8 Å². The molecule has 0 saturated heterocycles. The van der Waals surface area contributed by atoms with E-state index in [0.717, 1.165) is 18.9 Å². The van der Waals surface area contributed by atoms with Crippen molar-refractivity contribution >= 4 is 0 Å². The highest BCUT2D eigenvalue weighted by Crippen LogP contribution is 2.46. The maximum Gasteiger partial charge on any atom is 0.120 e. The van der Waals surface area contributed by atoms with Crippen molar-refractivity contribution < 1.29 is 5.11 Å². The predicted molar refractivity (Wildman–Crippen MR) is 83.2 cm³/mol. The first kappa shape index (κ1) is 13.9. The number of fused-ring (bicyclic) bond motifs is 1. The van der Waals surface area contributed by atoms with Crippen molar-refractivity contribution in [1.29, 1.82) is 0 Å². The Morgan fingerprint density at radius 3 is 2.65 bits per heavy atom. The number of aryl methyl sites for hydroxylation is 1. The summed E-state index contributed by atoms with van der Waals surface area (Å²) in [6, 6.07) is 4.26. The number of hydrogen-bond acceptors (Lipinski definition) is 2. The van der Waals surface area contributed by atoms with E-state index in [0.29, 0.717) is 17.7 Å². The summed E-state index contributed by atoms with van der Waals surface area (Å²) in [6.07, 6.45) is 8.09. The Morgan fingerprint density at radius 2 is 1.90 bits per heavy atom. The highest BCUT2D eigenvalue weighted by Gasteiger charge is 2.32. The van der Waals surface area contributed by atoms with Gasteiger partial charge in [0.2, 0.25) is 0 Å². The largest absolute Gasteiger partial charge is 0.508 e. The molecule has 2 unspecified atom stereocenters. The molecule has 1 aromatic carbocycles. The van der Waals surface area contributed by atoms with Gasteiger partial charge in [-0.25, -0.2) is 0 Å². The van der Waals surface area contributed by atoms with E-state index in [-0.39, 0.29) is 0 Å². The first-order valence-electron chi connectivity index (χ1n) is 8.22. The molecule has 2 atom stereocenters. The van der Waals surface area contributed by atoms with Crippen LogP contribution in [0, 0.1) is 12.8 Å². The fraction of sp³-hybridized carbons (Fsp3) is 0.667. The molecule has 110 valence electrons. The molecular formula is C18H27NO. The summed E-state index contributed by atoms with van der Waals surface area (Å²) < 4.78 is 0. The molecule has 0 spiro atoms. The van der Waals surface area contributed by atoms with Gasteiger partial charge in [0.25, 0.3) is 0 Å². The van der Waals surface area contributed by atoms with E-state index in [2.05, 4.69) is 19.2 Å². The average Bonchev–Trinajstić information content (AvgIpc) is 2.80. The second-order valence-electron chi connectivity index (χ2n) is 6.83. The molecule has 1 aromatic rings. The normalized spacial score (nSPS) is 26.7. The lowest BCUT2D eigenvalue weighted by atomic mass is 9.89. The van der Waals surface area contributed by atoms with Gasteiger partial charge in [-0.1, -0.05) is 32.3 Å². The van der Waals surface area contributed by atoms with E-state index < -0.39 is 0 Å². The fourth-order valence-corrected chi connectivity index (χ4v) is 4.23. The Kier molecular flexibility index (Phi) is 4.02. The van der Waals surface area contributed by atoms with Crippen molar-refractivity contribution in [3.8, 4) is 5.75 Å². The van der Waals surface area contributed by atoms with Gasteiger partial charge in [0.05, 0.1) is 0 Å². The van der Waals surface area contributed by atoms with Gasteiger partial charge < -0.3 is 10.4 Å². The maximum atomic E-state index is 10.2. The summed E-state index contributed by atoms with van der Waals surface area (Å²) in [4.78, 5) is 0. The van der Waals surface area contributed by atoms with Gasteiger partial charge in [-0.2, -0.15) is 0 Å². The fourth-order valence-electron chi connectivity index (χ4n) is 4.23. The number of nitrogens with one attached hydrogen (secondary N) is 1. The van der Waals surface area contributed by atoms with Gasteiger partial charge in [-0.15, -0.1) is 0 Å². The number of rotatable bonds is 3. The van der Waals surface area contributed by atoms with Gasteiger partial charge in [0.1, 0.15) is 5.75 Å². The topological polar surface area (TPSA) is 32.3 Å². The zero-order valence-electron chi connectivity index (χ0n) is 12.8. The molecule has 0 aliphatic heterocycles. The number of phenols is 1. The number of phenolic OH excluding ortho intramolecular Hbond substituents is 1. The minimum Gasteiger partial charge on any atom is -0.508 e. The van der Waals surface area contributed by atoms with E-state index >= 15 is 0 Å². The highest BCUT2D eigenvalue weighted by molar-refractivity contribution is 5.50. The molecule has 2 aliphatic rings. The lowest BCUT2D eigenvalue weighted by molar-refractivity contribution is 0.323. The minimum atomic E-state index is 0.349. The molecule has 2 nitrogen and oxygen atoms in total. The van der Waals surface area contributed by atoms with Crippen LogP contribution in [0.4, 0.5) is 0 Å². The quantitative estimate of drug-likeness (QED) is 0.854. The zero-order chi connectivity index (χ0) is 14.1. The Balaban J connectivity index is 1.72. The van der Waals surface area contributed by atoms with Gasteiger partial charge in [-0.3, -0.25) is 0 Å². The molecule has 2 aliphatic carbocycles. The van der Waals surface area contributed by atoms with Crippen molar-refractivity contribution in [2.45, 2.75) is 64.3 Å². The number of aromatic hydroxyl groups is 1. The van der Waals surface area contributed by atoms with Crippen LogP contribution in [0.15, 0.2) is 12.1 Å². The van der Waals surface area contributed by atoms with E-state index in [1.807, 2.05) is 12.1 Å². The lowest BCUT2D eigenvalue weighted by Gasteiger charge is -2.24. The van der Waals surface area contributed by atoms with Crippen LogP contribution in [-0.2, 0) is 0 Å². The molecule has 0 heterocycles. The van der Waals surface area contributed by atoms with E-state index in [1.165, 1.54) is 48.8 Å². The smallest absolute Gasteiger partial charge is 0.120 e. The van der Waals surface area contributed by atoms with Gasteiger partial charge in [0.15, 0.2) is 0 Å². The molecule has 0 amide bonds. The van der Waals surface area contributed by atoms with Crippen molar-refractivity contribution in [3.05, 3.63) is 28.8 Å². The molecule has 20 heavy (non-hydrogen) atoms. The van der Waals surface area contributed by atoms with Crippen molar-refractivity contribution in [2.75, 3.05) is 6.54 Å². The summed E-state index contributed by atoms with van der Waals surface area (Å²) in [5, 5.41) is 14.0. The molecule has 0 aromatic heterocycles. The summed E-state index contributed by atoms with van der Waals surface area (Å²) in [6.45, 7) is 5.57. The molecule has 0 bridgehead atoms. The minimum absolute atomic E-state index is 0.349. The van der Waals surface area contributed by atoms with Crippen LogP contribution < -0.4 is 5.32 Å². The van der Waals surface area contributed by atoms with Crippen LogP contribution in [0.2, 0.25) is 0 Å². The summed E-state index contributed by atoms with van der Waals surface area (Å²) in [7, 11) is 0. The van der Waals surface area contributed by atoms with E-state index in [4.69, 9.17) is 0 Å². The van der Waals surface area contributed by atoms with E-state index in [9.17, 15) is 5.11 Å². The first-order chi connectivity index (χ1) is 9.66. The average molecular weight is 273 g/mol. The van der Waals surface area contributed by atoms with Gasteiger partial charge >= 0.3 is 0 Å².